The van der Waals surface area contributed by atoms with Gasteiger partial charge in [0.15, 0.2) is 11.5 Å². The van der Waals surface area contributed by atoms with E-state index < -0.39 is 10.0 Å². The zero-order valence-corrected chi connectivity index (χ0v) is 9.97. The van der Waals surface area contributed by atoms with Gasteiger partial charge in [-0.2, -0.15) is 10.2 Å². The Kier molecular flexibility index (Phi) is 2.95. The summed E-state index contributed by atoms with van der Waals surface area (Å²) in [5.41, 5.74) is -0.207. The van der Waals surface area contributed by atoms with Gasteiger partial charge >= 0.3 is 6.01 Å². The minimum Gasteiger partial charge on any atom is -0.314 e. The molecule has 1 N–H and O–H groups in total. The van der Waals surface area contributed by atoms with Crippen molar-refractivity contribution in [1.29, 1.82) is 5.26 Å². The van der Waals surface area contributed by atoms with Crippen LogP contribution in [-0.2, 0) is 10.0 Å². The molecule has 8 nitrogen and oxygen atoms in total. The number of pyridine rings is 1. The summed E-state index contributed by atoms with van der Waals surface area (Å²) in [5, 5.41) is 12.2. The first-order chi connectivity index (χ1) is 8.53. The number of nitriles is 1. The molecule has 2 heterocycles. The average molecular weight is 265 g/mol. The highest BCUT2D eigenvalue weighted by Gasteiger charge is 2.21. The molecule has 0 saturated heterocycles. The van der Waals surface area contributed by atoms with Crippen LogP contribution in [0.15, 0.2) is 27.7 Å². The maximum absolute atomic E-state index is 12.0. The SMILES string of the molecule is Cc1noc(NS(=O)(=O)c2cccnc2C#N)n1. The average Bonchev–Trinajstić information content (AvgIpc) is 2.74. The van der Waals surface area contributed by atoms with Gasteiger partial charge in [0.25, 0.3) is 10.0 Å². The zero-order valence-electron chi connectivity index (χ0n) is 9.15. The quantitative estimate of drug-likeness (QED) is 0.854. The molecule has 0 fully saturated rings. The van der Waals surface area contributed by atoms with Gasteiger partial charge < -0.3 is 4.52 Å². The molecule has 92 valence electrons. The van der Waals surface area contributed by atoms with Gasteiger partial charge in [-0.15, -0.1) is 0 Å². The highest BCUT2D eigenvalue weighted by molar-refractivity contribution is 7.92. The lowest BCUT2D eigenvalue weighted by molar-refractivity contribution is 0.429. The fourth-order valence-electron chi connectivity index (χ4n) is 1.20. The number of rotatable bonds is 3. The molecule has 0 radical (unpaired) electrons. The van der Waals surface area contributed by atoms with Gasteiger partial charge in [-0.05, 0) is 19.1 Å². The van der Waals surface area contributed by atoms with Crippen molar-refractivity contribution in [2.24, 2.45) is 0 Å². The highest BCUT2D eigenvalue weighted by atomic mass is 32.2. The summed E-state index contributed by atoms with van der Waals surface area (Å²) in [6.45, 7) is 1.55. The van der Waals surface area contributed by atoms with E-state index in [0.29, 0.717) is 5.82 Å². The third-order valence-electron chi connectivity index (χ3n) is 1.92. The van der Waals surface area contributed by atoms with E-state index in [1.807, 2.05) is 0 Å². The van der Waals surface area contributed by atoms with Gasteiger partial charge in [-0.1, -0.05) is 5.16 Å². The summed E-state index contributed by atoms with van der Waals surface area (Å²) >= 11 is 0. The van der Waals surface area contributed by atoms with Gasteiger partial charge in [-0.25, -0.2) is 18.1 Å². The normalized spacial score (nSPS) is 10.9. The molecule has 0 amide bonds. The standard InChI is InChI=1S/C9H7N5O3S/c1-6-12-9(17-13-6)14-18(15,16)8-3-2-4-11-7(8)5-10/h2-4H,1H3,(H,12,13,14). The van der Waals surface area contributed by atoms with Crippen LogP contribution < -0.4 is 4.72 Å². The summed E-state index contributed by atoms with van der Waals surface area (Å²) in [7, 11) is -3.97. The van der Waals surface area contributed by atoms with Gasteiger partial charge in [0.05, 0.1) is 0 Å². The van der Waals surface area contributed by atoms with E-state index in [-0.39, 0.29) is 16.6 Å². The van der Waals surface area contributed by atoms with Crippen LogP contribution in [-0.4, -0.2) is 23.5 Å². The minimum absolute atomic E-state index is 0.207. The molecule has 0 aromatic carbocycles. The number of sulfonamides is 1. The number of anilines is 1. The Morgan fingerprint density at radius 2 is 2.28 bits per heavy atom. The van der Waals surface area contributed by atoms with E-state index in [1.54, 1.807) is 13.0 Å². The van der Waals surface area contributed by atoms with Crippen molar-refractivity contribution in [3.63, 3.8) is 0 Å². The van der Waals surface area contributed by atoms with Crippen LogP contribution in [0.25, 0.3) is 0 Å². The molecule has 2 aromatic heterocycles. The second kappa shape index (κ2) is 4.42. The van der Waals surface area contributed by atoms with Crippen LogP contribution in [0.5, 0.6) is 0 Å². The molecule has 0 spiro atoms. The zero-order chi connectivity index (χ0) is 13.2. The second-order valence-corrected chi connectivity index (χ2v) is 4.87. The second-order valence-electron chi connectivity index (χ2n) is 3.21. The molecule has 0 aliphatic rings. The Balaban J connectivity index is 2.40. The number of nitrogens with one attached hydrogen (secondary N) is 1. The van der Waals surface area contributed by atoms with E-state index in [9.17, 15) is 8.42 Å². The molecule has 0 atom stereocenters. The fourth-order valence-corrected chi connectivity index (χ4v) is 2.23. The molecule has 0 saturated carbocycles. The topological polar surface area (TPSA) is 122 Å². The van der Waals surface area contributed by atoms with Crippen LogP contribution in [0.1, 0.15) is 11.5 Å². The molecule has 0 bridgehead atoms. The Bertz CT molecular complexity index is 716. The van der Waals surface area contributed by atoms with Crippen LogP contribution >= 0.6 is 0 Å². The van der Waals surface area contributed by atoms with E-state index in [4.69, 9.17) is 5.26 Å². The van der Waals surface area contributed by atoms with E-state index in [1.165, 1.54) is 18.3 Å². The van der Waals surface area contributed by atoms with Crippen molar-refractivity contribution in [3.8, 4) is 6.07 Å². The number of hydrogen-bond donors (Lipinski definition) is 1. The molecular formula is C9H7N5O3S. The molecule has 0 unspecified atom stereocenters. The number of nitrogens with zero attached hydrogens (tertiary/aromatic N) is 4. The van der Waals surface area contributed by atoms with E-state index >= 15 is 0 Å². The van der Waals surface area contributed by atoms with Crippen molar-refractivity contribution in [3.05, 3.63) is 29.8 Å². The first kappa shape index (κ1) is 12.0. The van der Waals surface area contributed by atoms with Crippen molar-refractivity contribution >= 4 is 16.0 Å². The maximum atomic E-state index is 12.0. The molecule has 2 aromatic rings. The van der Waals surface area contributed by atoms with Gasteiger partial charge in [0.1, 0.15) is 11.0 Å². The molecule has 18 heavy (non-hydrogen) atoms. The van der Waals surface area contributed by atoms with Crippen molar-refractivity contribution in [2.75, 3.05) is 4.72 Å². The Morgan fingerprint density at radius 3 is 2.89 bits per heavy atom. The fraction of sp³-hybridized carbons (Fsp3) is 0.111. The van der Waals surface area contributed by atoms with Crippen molar-refractivity contribution in [2.45, 2.75) is 11.8 Å². The predicted molar refractivity (Wildman–Crippen MR) is 58.8 cm³/mol. The van der Waals surface area contributed by atoms with E-state index in [0.717, 1.165) is 0 Å². The predicted octanol–water partition coefficient (Wildman–Crippen LogP) is 0.445. The summed E-state index contributed by atoms with van der Waals surface area (Å²) in [5.74, 6) is 0.291. The van der Waals surface area contributed by atoms with Gasteiger partial charge in [0.2, 0.25) is 0 Å². The molecule has 0 aliphatic carbocycles. The van der Waals surface area contributed by atoms with E-state index in [2.05, 4.69) is 24.4 Å². The lowest BCUT2D eigenvalue weighted by Gasteiger charge is -2.04. The monoisotopic (exact) mass is 265 g/mol. The smallest absolute Gasteiger partial charge is 0.314 e. The maximum Gasteiger partial charge on any atom is 0.335 e. The summed E-state index contributed by atoms with van der Waals surface area (Å²) < 4.78 is 30.6. The first-order valence-corrected chi connectivity index (χ1v) is 6.19. The number of aryl methyl sites for hydroxylation is 1. The van der Waals surface area contributed by atoms with Crippen LogP contribution in [0, 0.1) is 18.3 Å². The molecule has 9 heteroatoms. The summed E-state index contributed by atoms with van der Waals surface area (Å²) in [6.07, 6.45) is 1.33. The summed E-state index contributed by atoms with van der Waals surface area (Å²) in [4.78, 5) is 7.12. The Labute approximate surface area is 102 Å². The largest absolute Gasteiger partial charge is 0.335 e. The van der Waals surface area contributed by atoms with Crippen LogP contribution in [0.3, 0.4) is 0 Å². The van der Waals surface area contributed by atoms with Gasteiger partial charge in [0, 0.05) is 6.20 Å². The molecule has 2 rings (SSSR count). The van der Waals surface area contributed by atoms with Crippen molar-refractivity contribution in [1.82, 2.24) is 15.1 Å². The first-order valence-electron chi connectivity index (χ1n) is 4.71. The van der Waals surface area contributed by atoms with Crippen molar-refractivity contribution < 1.29 is 12.9 Å². The molecule has 0 aliphatic heterocycles. The minimum atomic E-state index is -3.97. The molecular weight excluding hydrogens is 258 g/mol. The number of hydrogen-bond acceptors (Lipinski definition) is 7. The third kappa shape index (κ3) is 2.28. The summed E-state index contributed by atoms with van der Waals surface area (Å²) in [6, 6.07) is 4.10. The van der Waals surface area contributed by atoms with Gasteiger partial charge in [-0.3, -0.25) is 0 Å². The highest BCUT2D eigenvalue weighted by Crippen LogP contribution is 2.16. The Hall–Kier alpha value is -2.47. The number of aromatic nitrogens is 3. The lowest BCUT2D eigenvalue weighted by Crippen LogP contribution is -2.15. The lowest BCUT2D eigenvalue weighted by atomic mass is 10.4. The van der Waals surface area contributed by atoms with Crippen LogP contribution in [0.4, 0.5) is 6.01 Å². The third-order valence-corrected chi connectivity index (χ3v) is 3.27. The van der Waals surface area contributed by atoms with Crippen LogP contribution in [0.2, 0.25) is 0 Å². The Morgan fingerprint density at radius 1 is 1.50 bits per heavy atom.